The highest BCUT2D eigenvalue weighted by atomic mass is 15.9. The largest absolute Gasteiger partial charge is 0.244 e. The van der Waals surface area contributed by atoms with E-state index >= 15 is 0 Å². The van der Waals surface area contributed by atoms with Gasteiger partial charge < -0.3 is 0 Å². The van der Waals surface area contributed by atoms with Gasteiger partial charge in [0.1, 0.15) is 0 Å². The average Bonchev–Trinajstić information content (AvgIpc) is 1.87. The van der Waals surface area contributed by atoms with Crippen LogP contribution in [0.1, 0.15) is 0 Å². The van der Waals surface area contributed by atoms with Crippen LogP contribution in [0.15, 0.2) is 0 Å². The van der Waals surface area contributed by atoms with Crippen molar-refractivity contribution in [1.82, 2.24) is 26.6 Å². The first-order valence-corrected chi connectivity index (χ1v) is 2.79. The minimum absolute atomic E-state index is 1.72. The zero-order chi connectivity index (χ0) is 7.28. The van der Waals surface area contributed by atoms with Gasteiger partial charge in [-0.2, -0.15) is 15.8 Å². The molecule has 0 aromatic heterocycles. The van der Waals surface area contributed by atoms with Crippen molar-refractivity contribution in [2.24, 2.45) is 0 Å². The van der Waals surface area contributed by atoms with Crippen LogP contribution in [0.4, 0.5) is 0 Å². The molecule has 0 unspecified atom stereocenters. The predicted molar refractivity (Wildman–Crippen MR) is 36.8 cm³/mol. The van der Waals surface area contributed by atoms with Gasteiger partial charge in [-0.1, -0.05) is 0 Å². The fourth-order valence-electron chi connectivity index (χ4n) is 0.325. The van der Waals surface area contributed by atoms with Crippen LogP contribution in [0.2, 0.25) is 0 Å². The number of hydrazine groups is 4. The zero-order valence-electron chi connectivity index (χ0n) is 6.39. The summed E-state index contributed by atoms with van der Waals surface area (Å²) in [5, 5.41) is 3.44. The molecule has 0 aromatic carbocycles. The van der Waals surface area contributed by atoms with Gasteiger partial charge in [-0.3, -0.25) is 0 Å². The van der Waals surface area contributed by atoms with Gasteiger partial charge in [0, 0.05) is 28.2 Å². The summed E-state index contributed by atoms with van der Waals surface area (Å²) in [4.78, 5) is 0. The molecule has 0 saturated carbocycles. The summed E-state index contributed by atoms with van der Waals surface area (Å²) in [7, 11) is 7.40. The lowest BCUT2D eigenvalue weighted by atomic mass is 11.3. The molecule has 0 fully saturated rings. The van der Waals surface area contributed by atoms with Crippen molar-refractivity contribution in [1.29, 1.82) is 0 Å². The third-order valence-corrected chi connectivity index (χ3v) is 0.971. The van der Waals surface area contributed by atoms with Crippen LogP contribution in [-0.2, 0) is 0 Å². The van der Waals surface area contributed by atoms with E-state index in [1.165, 1.54) is 0 Å². The molecule has 0 amide bonds. The van der Waals surface area contributed by atoms with Crippen LogP contribution in [0.3, 0.4) is 0 Å². The molecule has 0 aliphatic heterocycles. The molecule has 0 rings (SSSR count). The lowest BCUT2D eigenvalue weighted by Crippen LogP contribution is -2.54. The van der Waals surface area contributed by atoms with Crippen molar-refractivity contribution in [2.45, 2.75) is 0 Å². The van der Waals surface area contributed by atoms with Gasteiger partial charge >= 0.3 is 0 Å². The quantitative estimate of drug-likeness (QED) is 0.409. The molecule has 0 radical (unpaired) electrons. The van der Waals surface area contributed by atoms with E-state index in [1.54, 1.807) is 10.2 Å². The van der Waals surface area contributed by atoms with Gasteiger partial charge in [-0.15, -0.1) is 0 Å². The molecule has 0 bridgehead atoms. The summed E-state index contributed by atoms with van der Waals surface area (Å²) in [5.74, 6) is 0. The molecule has 0 aromatic rings. The summed E-state index contributed by atoms with van der Waals surface area (Å²) < 4.78 is 0. The normalized spacial score (nSPS) is 11.3. The van der Waals surface area contributed by atoms with E-state index in [2.05, 4.69) is 16.4 Å². The number of nitrogens with zero attached hydrogens (tertiary/aromatic N) is 2. The molecule has 56 valence electrons. The van der Waals surface area contributed by atoms with Crippen LogP contribution in [0.5, 0.6) is 0 Å². The summed E-state index contributed by atoms with van der Waals surface area (Å²) in [6, 6.07) is 0. The Morgan fingerprint density at radius 1 is 0.889 bits per heavy atom. The highest BCUT2D eigenvalue weighted by Gasteiger charge is 1.93. The van der Waals surface area contributed by atoms with Crippen molar-refractivity contribution in [3.05, 3.63) is 0 Å². The number of hydrogen-bond donors (Lipinski definition) is 3. The molecule has 9 heavy (non-hydrogen) atoms. The molecular weight excluding hydrogens is 118 g/mol. The van der Waals surface area contributed by atoms with E-state index < -0.39 is 0 Å². The fraction of sp³-hybridized carbons (Fsp3) is 1.00. The Balaban J connectivity index is 3.22. The monoisotopic (exact) mass is 133 g/mol. The highest BCUT2D eigenvalue weighted by Crippen LogP contribution is 1.64. The summed E-state index contributed by atoms with van der Waals surface area (Å²) in [5.41, 5.74) is 8.66. The van der Waals surface area contributed by atoms with Crippen LogP contribution < -0.4 is 16.4 Å². The molecule has 0 heterocycles. The first kappa shape index (κ1) is 8.80. The van der Waals surface area contributed by atoms with E-state index in [1.807, 2.05) is 28.2 Å². The van der Waals surface area contributed by atoms with Crippen LogP contribution in [-0.4, -0.2) is 38.4 Å². The molecule has 0 aliphatic rings. The van der Waals surface area contributed by atoms with E-state index in [0.29, 0.717) is 0 Å². The Bertz CT molecular complexity index is 58.0. The van der Waals surface area contributed by atoms with Crippen LogP contribution in [0.25, 0.3) is 0 Å². The summed E-state index contributed by atoms with van der Waals surface area (Å²) in [6.07, 6.45) is 0. The number of nitrogens with one attached hydrogen (secondary N) is 3. The van der Waals surface area contributed by atoms with Gasteiger partial charge in [0.05, 0.1) is 0 Å². The van der Waals surface area contributed by atoms with Crippen LogP contribution in [0, 0.1) is 0 Å². The first-order chi connectivity index (χ1) is 4.20. The summed E-state index contributed by atoms with van der Waals surface area (Å²) in [6.45, 7) is 0. The molecule has 0 saturated heterocycles. The van der Waals surface area contributed by atoms with E-state index in [9.17, 15) is 0 Å². The van der Waals surface area contributed by atoms with Crippen molar-refractivity contribution in [2.75, 3.05) is 28.2 Å². The third-order valence-electron chi connectivity index (χ3n) is 0.971. The Morgan fingerprint density at radius 3 is 1.44 bits per heavy atom. The second-order valence-corrected chi connectivity index (χ2v) is 1.67. The molecule has 5 nitrogen and oxygen atoms in total. The predicted octanol–water partition coefficient (Wildman–Crippen LogP) is -1.46. The standard InChI is InChI=1S/C4H15N5/c1-5-8(3)7-9(4)6-2/h5-7H,1-4H3. The second-order valence-electron chi connectivity index (χ2n) is 1.67. The van der Waals surface area contributed by atoms with Gasteiger partial charge in [0.2, 0.25) is 0 Å². The highest BCUT2D eigenvalue weighted by molar-refractivity contribution is 4.23. The SMILES string of the molecule is CNN(C)NN(C)NC. The minimum atomic E-state index is 1.72. The third kappa shape index (κ3) is 4.31. The topological polar surface area (TPSA) is 42.6 Å². The fourth-order valence-corrected chi connectivity index (χ4v) is 0.325. The maximum Gasteiger partial charge on any atom is 0.0188 e. The number of hydrogen-bond acceptors (Lipinski definition) is 5. The van der Waals surface area contributed by atoms with Gasteiger partial charge in [0.25, 0.3) is 0 Å². The molecule has 0 spiro atoms. The molecule has 0 atom stereocenters. The van der Waals surface area contributed by atoms with Crippen molar-refractivity contribution in [3.63, 3.8) is 0 Å². The second kappa shape index (κ2) is 4.66. The molecule has 0 aliphatic carbocycles. The zero-order valence-corrected chi connectivity index (χ0v) is 6.39. The lowest BCUT2D eigenvalue weighted by Gasteiger charge is -2.23. The average molecular weight is 133 g/mol. The smallest absolute Gasteiger partial charge is 0.0188 e. The molecular formula is C4H15N5. The van der Waals surface area contributed by atoms with E-state index in [0.717, 1.165) is 0 Å². The first-order valence-electron chi connectivity index (χ1n) is 2.79. The van der Waals surface area contributed by atoms with Gasteiger partial charge in [0.15, 0.2) is 0 Å². The van der Waals surface area contributed by atoms with Crippen LogP contribution >= 0.6 is 0 Å². The van der Waals surface area contributed by atoms with Gasteiger partial charge in [-0.25, -0.2) is 10.9 Å². The lowest BCUT2D eigenvalue weighted by molar-refractivity contribution is 0.00256. The Hall–Kier alpha value is -0.200. The molecule has 5 heteroatoms. The maximum atomic E-state index is 2.92. The van der Waals surface area contributed by atoms with Crippen molar-refractivity contribution >= 4 is 0 Å². The maximum absolute atomic E-state index is 2.92. The van der Waals surface area contributed by atoms with Crippen molar-refractivity contribution in [3.8, 4) is 0 Å². The van der Waals surface area contributed by atoms with Gasteiger partial charge in [-0.05, 0) is 0 Å². The molecule has 3 N–H and O–H groups in total. The Kier molecular flexibility index (Phi) is 4.55. The Labute approximate surface area is 55.9 Å². The minimum Gasteiger partial charge on any atom is -0.244 e. The summed E-state index contributed by atoms with van der Waals surface area (Å²) >= 11 is 0. The Morgan fingerprint density at radius 2 is 1.22 bits per heavy atom. The van der Waals surface area contributed by atoms with Crippen molar-refractivity contribution < 1.29 is 0 Å². The number of rotatable bonds is 4. The van der Waals surface area contributed by atoms with E-state index in [4.69, 9.17) is 0 Å². The van der Waals surface area contributed by atoms with E-state index in [-0.39, 0.29) is 0 Å².